The first-order valence-corrected chi connectivity index (χ1v) is 9.47. The molecule has 0 aliphatic rings. The van der Waals surface area contributed by atoms with Crippen LogP contribution >= 0.6 is 11.6 Å². The number of nitrogens with zero attached hydrogens (tertiary/aromatic N) is 1. The lowest BCUT2D eigenvalue weighted by molar-refractivity contribution is -0.138. The van der Waals surface area contributed by atoms with E-state index < -0.39 is 22.0 Å². The van der Waals surface area contributed by atoms with Gasteiger partial charge in [0.25, 0.3) is 0 Å². The van der Waals surface area contributed by atoms with Gasteiger partial charge >= 0.3 is 5.97 Å². The Morgan fingerprint density at radius 2 is 1.77 bits per heavy atom. The molecule has 0 heterocycles. The van der Waals surface area contributed by atoms with Crippen molar-refractivity contribution in [2.24, 2.45) is 5.10 Å². The van der Waals surface area contributed by atoms with Crippen LogP contribution in [0, 0.1) is 0 Å². The van der Waals surface area contributed by atoms with Gasteiger partial charge in [-0.05, 0) is 43.7 Å². The average molecular weight is 396 g/mol. The predicted octanol–water partition coefficient (Wildman–Crippen LogP) is 2.93. The number of para-hydroxylation sites is 1. The Balaban J connectivity index is 2.14. The number of hydrogen-bond acceptors (Lipinski definition) is 5. The van der Waals surface area contributed by atoms with Gasteiger partial charge in [-0.1, -0.05) is 35.9 Å². The van der Waals surface area contributed by atoms with Crippen LogP contribution in [0.3, 0.4) is 0 Å². The molecule has 0 unspecified atom stereocenters. The zero-order valence-corrected chi connectivity index (χ0v) is 15.7. The monoisotopic (exact) mass is 395 g/mol. The van der Waals surface area contributed by atoms with Crippen molar-refractivity contribution >= 4 is 39.0 Å². The van der Waals surface area contributed by atoms with E-state index in [9.17, 15) is 13.2 Å². The lowest BCUT2D eigenvalue weighted by atomic mass is 10.1. The van der Waals surface area contributed by atoms with Gasteiger partial charge < -0.3 is 5.11 Å². The Bertz CT molecular complexity index is 927. The molecule has 3 N–H and O–H groups in total. The smallest absolute Gasteiger partial charge is 0.321 e. The molecule has 26 heavy (non-hydrogen) atoms. The number of carbonyl (C=O) groups is 1. The van der Waals surface area contributed by atoms with Crippen LogP contribution in [0.5, 0.6) is 0 Å². The number of aliphatic carboxylic acids is 1. The minimum absolute atomic E-state index is 0.0267. The minimum Gasteiger partial charge on any atom is -0.480 e. The topological polar surface area (TPSA) is 108 Å². The lowest BCUT2D eigenvalue weighted by Crippen LogP contribution is -2.38. The molecular formula is C17H18ClN3O4S. The number of carboxylic acid groups (broad SMARTS) is 1. The van der Waals surface area contributed by atoms with Crippen molar-refractivity contribution in [3.63, 3.8) is 0 Å². The number of hydrogen-bond donors (Lipinski definition) is 3. The molecule has 0 aliphatic carbocycles. The van der Waals surface area contributed by atoms with Crippen molar-refractivity contribution in [3.8, 4) is 0 Å². The zero-order valence-electron chi connectivity index (χ0n) is 14.1. The Hall–Kier alpha value is -2.42. The van der Waals surface area contributed by atoms with Crippen LogP contribution in [0.2, 0.25) is 5.02 Å². The molecule has 0 saturated heterocycles. The molecule has 7 nitrogen and oxygen atoms in total. The second-order valence-electron chi connectivity index (χ2n) is 5.49. The summed E-state index contributed by atoms with van der Waals surface area (Å²) in [5, 5.41) is 13.6. The highest BCUT2D eigenvalue weighted by Crippen LogP contribution is 2.20. The maximum atomic E-state index is 12.1. The lowest BCUT2D eigenvalue weighted by Gasteiger charge is -2.11. The van der Waals surface area contributed by atoms with E-state index in [0.29, 0.717) is 22.0 Å². The number of rotatable bonds is 7. The van der Waals surface area contributed by atoms with Gasteiger partial charge in [-0.25, -0.2) is 8.42 Å². The van der Waals surface area contributed by atoms with Crippen LogP contribution in [-0.2, 0) is 14.8 Å². The molecule has 138 valence electrons. The molecular weight excluding hydrogens is 378 g/mol. The molecule has 0 saturated carbocycles. The Morgan fingerprint density at radius 3 is 2.35 bits per heavy atom. The number of anilines is 1. The van der Waals surface area contributed by atoms with Crippen molar-refractivity contribution in [3.05, 3.63) is 59.1 Å². The van der Waals surface area contributed by atoms with E-state index in [0.717, 1.165) is 0 Å². The number of hydrazone groups is 1. The van der Waals surface area contributed by atoms with Crippen LogP contribution in [-0.4, -0.2) is 31.2 Å². The second-order valence-corrected chi connectivity index (χ2v) is 7.62. The van der Waals surface area contributed by atoms with E-state index in [1.54, 1.807) is 31.2 Å². The summed E-state index contributed by atoms with van der Waals surface area (Å²) in [5.41, 5.74) is 4.84. The third-order valence-corrected chi connectivity index (χ3v) is 5.39. The molecule has 0 aliphatic heterocycles. The summed E-state index contributed by atoms with van der Waals surface area (Å²) in [4.78, 5) is 10.8. The molecule has 0 radical (unpaired) electrons. The van der Waals surface area contributed by atoms with Crippen molar-refractivity contribution in [1.82, 2.24) is 4.72 Å². The van der Waals surface area contributed by atoms with Crippen LogP contribution in [0.15, 0.2) is 58.5 Å². The Morgan fingerprint density at radius 1 is 1.15 bits per heavy atom. The predicted molar refractivity (Wildman–Crippen MR) is 101 cm³/mol. The van der Waals surface area contributed by atoms with Gasteiger partial charge in [-0.15, -0.1) is 0 Å². The van der Waals surface area contributed by atoms with E-state index in [4.69, 9.17) is 16.7 Å². The van der Waals surface area contributed by atoms with Crippen LogP contribution in [0.25, 0.3) is 0 Å². The SMILES string of the molecule is C/C(=N/Nc1ccccc1Cl)c1ccc(S(=O)(=O)N[C@@H](C)C(=O)O)cc1. The number of nitrogens with one attached hydrogen (secondary N) is 2. The first-order valence-electron chi connectivity index (χ1n) is 7.61. The molecule has 2 aromatic carbocycles. The van der Waals surface area contributed by atoms with Gasteiger partial charge in [0.15, 0.2) is 0 Å². The summed E-state index contributed by atoms with van der Waals surface area (Å²) in [6, 6.07) is 11.9. The van der Waals surface area contributed by atoms with E-state index in [1.807, 2.05) is 12.1 Å². The molecule has 0 fully saturated rings. The highest BCUT2D eigenvalue weighted by atomic mass is 35.5. The summed E-state index contributed by atoms with van der Waals surface area (Å²) in [6.07, 6.45) is 0. The van der Waals surface area contributed by atoms with Gasteiger partial charge in [0.05, 0.1) is 21.3 Å². The summed E-state index contributed by atoms with van der Waals surface area (Å²) < 4.78 is 26.4. The van der Waals surface area contributed by atoms with Crippen molar-refractivity contribution < 1.29 is 18.3 Å². The maximum absolute atomic E-state index is 12.1. The zero-order chi connectivity index (χ0) is 19.3. The fourth-order valence-corrected chi connectivity index (χ4v) is 3.36. The molecule has 2 aromatic rings. The second kappa shape index (κ2) is 8.31. The van der Waals surface area contributed by atoms with E-state index in [1.165, 1.54) is 19.1 Å². The average Bonchev–Trinajstić information content (AvgIpc) is 2.60. The van der Waals surface area contributed by atoms with Gasteiger partial charge in [0.1, 0.15) is 6.04 Å². The molecule has 9 heteroatoms. The van der Waals surface area contributed by atoms with E-state index in [-0.39, 0.29) is 4.90 Å². The van der Waals surface area contributed by atoms with Crippen molar-refractivity contribution in [1.29, 1.82) is 0 Å². The minimum atomic E-state index is -3.91. The van der Waals surface area contributed by atoms with E-state index >= 15 is 0 Å². The molecule has 1 atom stereocenters. The third-order valence-electron chi connectivity index (χ3n) is 3.50. The standard InChI is InChI=1S/C17H18ClN3O4S/c1-11(19-20-16-6-4-3-5-15(16)18)13-7-9-14(10-8-13)26(24,25)21-12(2)17(22)23/h3-10,12,20-21H,1-2H3,(H,22,23)/b19-11-/t12-/m0/s1. The van der Waals surface area contributed by atoms with Crippen molar-refractivity contribution in [2.45, 2.75) is 24.8 Å². The largest absolute Gasteiger partial charge is 0.480 e. The van der Waals surface area contributed by atoms with Crippen LogP contribution in [0.4, 0.5) is 5.69 Å². The summed E-state index contributed by atoms with van der Waals surface area (Å²) >= 11 is 6.04. The summed E-state index contributed by atoms with van der Waals surface area (Å²) in [7, 11) is -3.91. The third kappa shape index (κ3) is 5.04. The first kappa shape index (κ1) is 19.9. The van der Waals surface area contributed by atoms with E-state index in [2.05, 4.69) is 15.2 Å². The van der Waals surface area contributed by atoms with Crippen LogP contribution in [0.1, 0.15) is 19.4 Å². The van der Waals surface area contributed by atoms with Gasteiger partial charge in [-0.3, -0.25) is 10.2 Å². The number of carboxylic acids is 1. The van der Waals surface area contributed by atoms with Gasteiger partial charge in [0.2, 0.25) is 10.0 Å². The van der Waals surface area contributed by atoms with Gasteiger partial charge in [0, 0.05) is 0 Å². The number of benzene rings is 2. The first-order chi connectivity index (χ1) is 12.2. The normalized spacial score (nSPS) is 13.3. The summed E-state index contributed by atoms with van der Waals surface area (Å²) in [5.74, 6) is -1.25. The fourth-order valence-electron chi connectivity index (χ4n) is 1.99. The quantitative estimate of drug-likeness (QED) is 0.493. The Kier molecular flexibility index (Phi) is 6.36. The van der Waals surface area contributed by atoms with Crippen molar-refractivity contribution in [2.75, 3.05) is 5.43 Å². The van der Waals surface area contributed by atoms with Gasteiger partial charge in [-0.2, -0.15) is 9.82 Å². The Labute approximate surface area is 156 Å². The highest BCUT2D eigenvalue weighted by Gasteiger charge is 2.21. The molecule has 0 spiro atoms. The molecule has 0 amide bonds. The maximum Gasteiger partial charge on any atom is 0.321 e. The number of sulfonamides is 1. The van der Waals surface area contributed by atoms with Crippen LogP contribution < -0.4 is 10.1 Å². The summed E-state index contributed by atoms with van der Waals surface area (Å²) in [6.45, 7) is 3.02. The molecule has 0 aromatic heterocycles. The molecule has 0 bridgehead atoms. The number of halogens is 1. The molecule has 2 rings (SSSR count). The highest BCUT2D eigenvalue weighted by molar-refractivity contribution is 7.89. The fraction of sp³-hybridized carbons (Fsp3) is 0.176.